The summed E-state index contributed by atoms with van der Waals surface area (Å²) in [5, 5.41) is 1.72. The van der Waals surface area contributed by atoms with Crippen LogP contribution in [0.4, 0.5) is 0 Å². The molecule has 4 nitrogen and oxygen atoms in total. The second kappa shape index (κ2) is 5.17. The van der Waals surface area contributed by atoms with Crippen molar-refractivity contribution >= 4 is 43.6 Å². The number of aldehydes is 1. The average Bonchev–Trinajstić information content (AvgIpc) is 2.76. The van der Waals surface area contributed by atoms with E-state index < -0.39 is 16.1 Å². The van der Waals surface area contributed by atoms with E-state index in [1.165, 1.54) is 15.6 Å². The Morgan fingerprint density at radius 1 is 1.47 bits per heavy atom. The molecule has 2 rings (SSSR count). The second-order valence-corrected chi connectivity index (χ2v) is 7.73. The van der Waals surface area contributed by atoms with Gasteiger partial charge in [-0.05, 0) is 40.2 Å². The third-order valence-corrected chi connectivity index (χ3v) is 7.35. The minimum Gasteiger partial charge on any atom is -0.302 e. The summed E-state index contributed by atoms with van der Waals surface area (Å²) in [5.74, 6) is 0. The van der Waals surface area contributed by atoms with Crippen LogP contribution in [0.5, 0.6) is 0 Å². The maximum atomic E-state index is 12.4. The first kappa shape index (κ1) is 13.2. The molecule has 1 atom stereocenters. The fraction of sp³-hybridized carbons (Fsp3) is 0.500. The second-order valence-electron chi connectivity index (χ2n) is 3.87. The van der Waals surface area contributed by atoms with Crippen molar-refractivity contribution in [3.05, 3.63) is 15.9 Å². The van der Waals surface area contributed by atoms with Crippen LogP contribution in [0.1, 0.15) is 19.3 Å². The van der Waals surface area contributed by atoms with Crippen LogP contribution in [0, 0.1) is 0 Å². The predicted octanol–water partition coefficient (Wildman–Crippen LogP) is 2.25. The number of rotatable bonds is 3. The summed E-state index contributed by atoms with van der Waals surface area (Å²) >= 11 is 4.40. The van der Waals surface area contributed by atoms with Crippen LogP contribution >= 0.6 is 27.3 Å². The van der Waals surface area contributed by atoms with Gasteiger partial charge >= 0.3 is 0 Å². The molecule has 94 valence electrons. The summed E-state index contributed by atoms with van der Waals surface area (Å²) in [4.78, 5) is 11.0. The molecule has 1 aliphatic heterocycles. The van der Waals surface area contributed by atoms with Crippen molar-refractivity contribution in [2.45, 2.75) is 29.5 Å². The van der Waals surface area contributed by atoms with Crippen LogP contribution in [0.15, 0.2) is 20.1 Å². The van der Waals surface area contributed by atoms with Gasteiger partial charge in [0.1, 0.15) is 10.5 Å². The first-order chi connectivity index (χ1) is 8.07. The van der Waals surface area contributed by atoms with Crippen LogP contribution < -0.4 is 0 Å². The lowest BCUT2D eigenvalue weighted by Gasteiger charge is -2.30. The number of hydrogen-bond acceptors (Lipinski definition) is 4. The lowest BCUT2D eigenvalue weighted by Crippen LogP contribution is -2.44. The average molecular weight is 338 g/mol. The topological polar surface area (TPSA) is 54.5 Å². The number of carbonyl (C=O) groups excluding carboxylic acids is 1. The van der Waals surface area contributed by atoms with E-state index in [1.54, 1.807) is 11.4 Å². The molecule has 1 aromatic heterocycles. The van der Waals surface area contributed by atoms with E-state index in [2.05, 4.69) is 15.9 Å². The molecule has 1 fully saturated rings. The van der Waals surface area contributed by atoms with Gasteiger partial charge in [-0.1, -0.05) is 6.42 Å². The fourth-order valence-electron chi connectivity index (χ4n) is 1.94. The van der Waals surface area contributed by atoms with Crippen LogP contribution in [-0.4, -0.2) is 31.6 Å². The van der Waals surface area contributed by atoms with Crippen molar-refractivity contribution in [2.75, 3.05) is 6.54 Å². The zero-order valence-electron chi connectivity index (χ0n) is 9.00. The highest BCUT2D eigenvalue weighted by molar-refractivity contribution is 9.10. The van der Waals surface area contributed by atoms with Crippen LogP contribution in [0.25, 0.3) is 0 Å². The Morgan fingerprint density at radius 3 is 2.82 bits per heavy atom. The molecule has 0 bridgehead atoms. The molecule has 0 aromatic carbocycles. The SMILES string of the molecule is O=CC1CCCCN1S(=O)(=O)c1sccc1Br. The van der Waals surface area contributed by atoms with Gasteiger partial charge in [0.15, 0.2) is 0 Å². The van der Waals surface area contributed by atoms with E-state index in [0.717, 1.165) is 19.1 Å². The third-order valence-electron chi connectivity index (χ3n) is 2.78. The Balaban J connectivity index is 2.38. The van der Waals surface area contributed by atoms with Gasteiger partial charge in [-0.2, -0.15) is 4.31 Å². The molecule has 1 unspecified atom stereocenters. The Morgan fingerprint density at radius 2 is 2.24 bits per heavy atom. The van der Waals surface area contributed by atoms with Crippen LogP contribution in [-0.2, 0) is 14.8 Å². The molecule has 17 heavy (non-hydrogen) atoms. The molecule has 0 radical (unpaired) electrons. The smallest absolute Gasteiger partial charge is 0.254 e. The zero-order valence-corrected chi connectivity index (χ0v) is 12.2. The largest absolute Gasteiger partial charge is 0.302 e. The van der Waals surface area contributed by atoms with Crippen molar-refractivity contribution in [3.63, 3.8) is 0 Å². The molecule has 2 heterocycles. The highest BCUT2D eigenvalue weighted by Crippen LogP contribution is 2.32. The molecule has 1 aliphatic rings. The number of halogens is 1. The maximum Gasteiger partial charge on any atom is 0.254 e. The summed E-state index contributed by atoms with van der Waals surface area (Å²) < 4.78 is 26.9. The Labute approximate surface area is 113 Å². The lowest BCUT2D eigenvalue weighted by molar-refractivity contribution is -0.111. The molecule has 0 N–H and O–H groups in total. The van der Waals surface area contributed by atoms with Crippen LogP contribution in [0.2, 0.25) is 0 Å². The van der Waals surface area contributed by atoms with Gasteiger partial charge < -0.3 is 4.79 Å². The number of sulfonamides is 1. The molecular weight excluding hydrogens is 326 g/mol. The van der Waals surface area contributed by atoms with E-state index in [9.17, 15) is 13.2 Å². The molecular formula is C10H12BrNO3S2. The van der Waals surface area contributed by atoms with E-state index in [-0.39, 0.29) is 4.21 Å². The van der Waals surface area contributed by atoms with Crippen molar-refractivity contribution in [3.8, 4) is 0 Å². The first-order valence-electron chi connectivity index (χ1n) is 5.27. The number of hydrogen-bond donors (Lipinski definition) is 0. The van der Waals surface area contributed by atoms with Crippen LogP contribution in [0.3, 0.4) is 0 Å². The van der Waals surface area contributed by atoms with Gasteiger partial charge in [0.2, 0.25) is 0 Å². The number of thiophene rings is 1. The number of nitrogens with zero attached hydrogens (tertiary/aromatic N) is 1. The predicted molar refractivity (Wildman–Crippen MR) is 69.6 cm³/mol. The molecule has 0 spiro atoms. The lowest BCUT2D eigenvalue weighted by atomic mass is 10.1. The van der Waals surface area contributed by atoms with Gasteiger partial charge in [0.05, 0.1) is 6.04 Å². The fourth-order valence-corrected chi connectivity index (χ4v) is 5.99. The molecule has 7 heteroatoms. The van der Waals surface area contributed by atoms with Crippen molar-refractivity contribution in [1.29, 1.82) is 0 Å². The molecule has 0 amide bonds. The minimum atomic E-state index is -3.54. The molecule has 1 aromatic rings. The quantitative estimate of drug-likeness (QED) is 0.795. The standard InChI is InChI=1S/C10H12BrNO3S2/c11-9-4-6-16-10(9)17(14,15)12-5-2-1-3-8(12)7-13/h4,6-8H,1-3,5H2. The zero-order chi connectivity index (χ0) is 12.5. The summed E-state index contributed by atoms with van der Waals surface area (Å²) in [7, 11) is -3.54. The van der Waals surface area contributed by atoms with Crippen molar-refractivity contribution < 1.29 is 13.2 Å². The maximum absolute atomic E-state index is 12.4. The summed E-state index contributed by atoms with van der Waals surface area (Å²) in [6.45, 7) is 0.427. The molecule has 0 saturated carbocycles. The molecule has 1 saturated heterocycles. The van der Waals surface area contributed by atoms with Gasteiger partial charge in [0.25, 0.3) is 10.0 Å². The summed E-state index contributed by atoms with van der Waals surface area (Å²) in [5.41, 5.74) is 0. The monoisotopic (exact) mass is 337 g/mol. The highest BCUT2D eigenvalue weighted by atomic mass is 79.9. The van der Waals surface area contributed by atoms with Gasteiger partial charge in [-0.25, -0.2) is 8.42 Å². The Bertz CT molecular complexity index is 511. The van der Waals surface area contributed by atoms with Crippen molar-refractivity contribution in [2.24, 2.45) is 0 Å². The van der Waals surface area contributed by atoms with E-state index in [1.807, 2.05) is 0 Å². The summed E-state index contributed by atoms with van der Waals surface area (Å²) in [6.07, 6.45) is 3.07. The Hall–Kier alpha value is -0.240. The normalized spacial score (nSPS) is 22.5. The number of carbonyl (C=O) groups is 1. The van der Waals surface area contributed by atoms with Crippen molar-refractivity contribution in [1.82, 2.24) is 4.31 Å². The third kappa shape index (κ3) is 2.47. The van der Waals surface area contributed by atoms with Gasteiger partial charge in [-0.3, -0.25) is 0 Å². The minimum absolute atomic E-state index is 0.284. The van der Waals surface area contributed by atoms with E-state index >= 15 is 0 Å². The van der Waals surface area contributed by atoms with E-state index in [4.69, 9.17) is 0 Å². The van der Waals surface area contributed by atoms with E-state index in [0.29, 0.717) is 17.4 Å². The molecule has 0 aliphatic carbocycles. The highest BCUT2D eigenvalue weighted by Gasteiger charge is 2.35. The number of piperidine rings is 1. The Kier molecular flexibility index (Phi) is 4.02. The van der Waals surface area contributed by atoms with Gasteiger partial charge in [0, 0.05) is 11.0 Å². The first-order valence-corrected chi connectivity index (χ1v) is 8.39. The summed E-state index contributed by atoms with van der Waals surface area (Å²) in [6, 6.07) is 1.19. The van der Waals surface area contributed by atoms with Gasteiger partial charge in [-0.15, -0.1) is 11.3 Å².